The summed E-state index contributed by atoms with van der Waals surface area (Å²) in [4.78, 5) is 14.1. The highest BCUT2D eigenvalue weighted by molar-refractivity contribution is 7.99. The van der Waals surface area contributed by atoms with Gasteiger partial charge in [0.2, 0.25) is 5.16 Å². The fourth-order valence-corrected chi connectivity index (χ4v) is 3.57. The van der Waals surface area contributed by atoms with Crippen molar-refractivity contribution in [2.75, 3.05) is 5.75 Å². The number of rotatable bonds is 5. The highest BCUT2D eigenvalue weighted by atomic mass is 32.2. The van der Waals surface area contributed by atoms with Gasteiger partial charge < -0.3 is 0 Å². The van der Waals surface area contributed by atoms with E-state index < -0.39 is 0 Å². The van der Waals surface area contributed by atoms with E-state index in [4.69, 9.17) is 0 Å². The standard InChI is InChI=1S/C15H14N4OS2/c1-10-3-6-12(7-4-10)19-15(16-17-18-19)21-9-13(20)14-8-5-11(2)22-14/h3-8H,9H2,1-2H3. The predicted octanol–water partition coefficient (Wildman–Crippen LogP) is 3.32. The highest BCUT2D eigenvalue weighted by Crippen LogP contribution is 2.22. The van der Waals surface area contributed by atoms with Crippen LogP contribution in [-0.2, 0) is 0 Å². The van der Waals surface area contributed by atoms with Crippen LogP contribution in [-0.4, -0.2) is 31.7 Å². The number of hydrogen-bond donors (Lipinski definition) is 0. The molecule has 0 atom stereocenters. The molecular weight excluding hydrogens is 316 g/mol. The molecule has 22 heavy (non-hydrogen) atoms. The number of carbonyl (C=O) groups is 1. The molecule has 1 aromatic carbocycles. The third kappa shape index (κ3) is 3.26. The first-order valence-electron chi connectivity index (χ1n) is 6.71. The average molecular weight is 330 g/mol. The van der Waals surface area contributed by atoms with E-state index in [1.165, 1.54) is 28.7 Å². The van der Waals surface area contributed by atoms with Crippen LogP contribution in [0.5, 0.6) is 0 Å². The van der Waals surface area contributed by atoms with Crippen molar-refractivity contribution in [2.45, 2.75) is 19.0 Å². The molecule has 0 saturated heterocycles. The molecule has 2 heterocycles. The third-order valence-corrected chi connectivity index (χ3v) is 5.03. The number of hydrogen-bond acceptors (Lipinski definition) is 6. The summed E-state index contributed by atoms with van der Waals surface area (Å²) in [6.07, 6.45) is 0. The van der Waals surface area contributed by atoms with Gasteiger partial charge >= 0.3 is 0 Å². The number of benzene rings is 1. The summed E-state index contributed by atoms with van der Waals surface area (Å²) in [5.41, 5.74) is 2.06. The molecule has 0 fully saturated rings. The van der Waals surface area contributed by atoms with Crippen molar-refractivity contribution in [3.05, 3.63) is 51.7 Å². The smallest absolute Gasteiger partial charge is 0.214 e. The Labute approximate surface area is 136 Å². The Morgan fingerprint density at radius 2 is 1.95 bits per heavy atom. The van der Waals surface area contributed by atoms with E-state index in [1.807, 2.05) is 50.2 Å². The second-order valence-corrected chi connectivity index (χ2v) is 7.06. The van der Waals surface area contributed by atoms with Crippen LogP contribution in [0.1, 0.15) is 20.1 Å². The Morgan fingerprint density at radius 3 is 2.64 bits per heavy atom. The van der Waals surface area contributed by atoms with Crippen molar-refractivity contribution in [1.29, 1.82) is 0 Å². The Bertz CT molecular complexity index is 792. The summed E-state index contributed by atoms with van der Waals surface area (Å²) < 4.78 is 1.65. The number of ketones is 1. The lowest BCUT2D eigenvalue weighted by Crippen LogP contribution is -2.03. The number of carbonyl (C=O) groups excluding carboxylic acids is 1. The molecule has 5 nitrogen and oxygen atoms in total. The Kier molecular flexibility index (Phi) is 4.35. The summed E-state index contributed by atoms with van der Waals surface area (Å²) in [7, 11) is 0. The van der Waals surface area contributed by atoms with Crippen molar-refractivity contribution >= 4 is 28.9 Å². The fourth-order valence-electron chi connectivity index (χ4n) is 1.90. The van der Waals surface area contributed by atoms with Gasteiger partial charge in [0, 0.05) is 4.88 Å². The summed E-state index contributed by atoms with van der Waals surface area (Å²) >= 11 is 2.86. The average Bonchev–Trinajstić information content (AvgIpc) is 3.14. The molecule has 112 valence electrons. The third-order valence-electron chi connectivity index (χ3n) is 3.07. The second-order valence-electron chi connectivity index (χ2n) is 4.83. The van der Waals surface area contributed by atoms with Crippen LogP contribution in [0.3, 0.4) is 0 Å². The molecule has 2 aromatic heterocycles. The zero-order valence-corrected chi connectivity index (χ0v) is 13.8. The molecule has 0 aliphatic heterocycles. The lowest BCUT2D eigenvalue weighted by molar-refractivity contribution is 0.102. The summed E-state index contributed by atoms with van der Waals surface area (Å²) in [5, 5.41) is 12.3. The zero-order chi connectivity index (χ0) is 15.5. The van der Waals surface area contributed by atoms with Gasteiger partial charge in [-0.05, 0) is 48.5 Å². The predicted molar refractivity (Wildman–Crippen MR) is 88.0 cm³/mol. The van der Waals surface area contributed by atoms with Gasteiger partial charge in [0.1, 0.15) is 0 Å². The lowest BCUT2D eigenvalue weighted by Gasteiger charge is -2.04. The van der Waals surface area contributed by atoms with Gasteiger partial charge in [-0.25, -0.2) is 0 Å². The van der Waals surface area contributed by atoms with Crippen molar-refractivity contribution in [2.24, 2.45) is 0 Å². The summed E-state index contributed by atoms with van der Waals surface area (Å²) in [6.45, 7) is 4.02. The quantitative estimate of drug-likeness (QED) is 0.530. The molecule has 0 bridgehead atoms. The molecule has 0 aliphatic carbocycles. The van der Waals surface area contributed by atoms with E-state index in [1.54, 1.807) is 4.68 Å². The van der Waals surface area contributed by atoms with Gasteiger partial charge in [0.05, 0.1) is 16.3 Å². The number of aromatic nitrogens is 4. The van der Waals surface area contributed by atoms with E-state index in [-0.39, 0.29) is 5.78 Å². The molecule has 3 aromatic rings. The van der Waals surface area contributed by atoms with Crippen LogP contribution in [0.25, 0.3) is 5.69 Å². The minimum absolute atomic E-state index is 0.0987. The van der Waals surface area contributed by atoms with Gasteiger partial charge in [-0.2, -0.15) is 4.68 Å². The molecule has 0 amide bonds. The van der Waals surface area contributed by atoms with Gasteiger partial charge in [-0.15, -0.1) is 16.4 Å². The molecule has 3 rings (SSSR count). The molecule has 0 aliphatic rings. The van der Waals surface area contributed by atoms with Crippen LogP contribution in [0.15, 0.2) is 41.6 Å². The Balaban J connectivity index is 1.73. The number of nitrogens with zero attached hydrogens (tertiary/aromatic N) is 4. The van der Waals surface area contributed by atoms with Gasteiger partial charge in [0.15, 0.2) is 5.78 Å². The SMILES string of the molecule is Cc1ccc(-n2nnnc2SCC(=O)c2ccc(C)s2)cc1. The van der Waals surface area contributed by atoms with E-state index >= 15 is 0 Å². The van der Waals surface area contributed by atoms with Gasteiger partial charge in [0.25, 0.3) is 0 Å². The molecule has 0 N–H and O–H groups in total. The maximum atomic E-state index is 12.2. The molecular formula is C15H14N4OS2. The Morgan fingerprint density at radius 1 is 1.18 bits per heavy atom. The number of thioether (sulfide) groups is 1. The lowest BCUT2D eigenvalue weighted by atomic mass is 10.2. The first-order chi connectivity index (χ1) is 10.6. The van der Waals surface area contributed by atoms with Crippen molar-refractivity contribution in [1.82, 2.24) is 20.2 Å². The van der Waals surface area contributed by atoms with Crippen LogP contribution in [0, 0.1) is 13.8 Å². The van der Waals surface area contributed by atoms with E-state index in [0.717, 1.165) is 15.4 Å². The largest absolute Gasteiger partial charge is 0.292 e. The number of Topliss-reactive ketones (excluding diaryl/α,β-unsaturated/α-hetero) is 1. The van der Waals surface area contributed by atoms with Crippen LogP contribution < -0.4 is 0 Å². The zero-order valence-electron chi connectivity index (χ0n) is 12.2. The Hall–Kier alpha value is -1.99. The van der Waals surface area contributed by atoms with Crippen LogP contribution in [0.2, 0.25) is 0 Å². The van der Waals surface area contributed by atoms with Gasteiger partial charge in [-0.3, -0.25) is 4.79 Å². The monoisotopic (exact) mass is 330 g/mol. The van der Waals surface area contributed by atoms with Crippen molar-refractivity contribution in [3.63, 3.8) is 0 Å². The minimum atomic E-state index is 0.0987. The fraction of sp³-hybridized carbons (Fsp3) is 0.200. The van der Waals surface area contributed by atoms with Gasteiger partial charge in [-0.1, -0.05) is 29.5 Å². The maximum Gasteiger partial charge on any atom is 0.214 e. The van der Waals surface area contributed by atoms with Crippen molar-refractivity contribution < 1.29 is 4.79 Å². The van der Waals surface area contributed by atoms with Crippen LogP contribution >= 0.6 is 23.1 Å². The number of aryl methyl sites for hydroxylation is 2. The minimum Gasteiger partial charge on any atom is -0.292 e. The second kappa shape index (κ2) is 6.41. The normalized spacial score (nSPS) is 10.8. The number of thiophene rings is 1. The topological polar surface area (TPSA) is 60.7 Å². The summed E-state index contributed by atoms with van der Waals surface area (Å²) in [5.74, 6) is 0.424. The van der Waals surface area contributed by atoms with Crippen LogP contribution in [0.4, 0.5) is 0 Å². The maximum absolute atomic E-state index is 12.2. The first kappa shape index (κ1) is 14.9. The highest BCUT2D eigenvalue weighted by Gasteiger charge is 2.13. The van der Waals surface area contributed by atoms with Crippen molar-refractivity contribution in [3.8, 4) is 5.69 Å². The van der Waals surface area contributed by atoms with E-state index in [9.17, 15) is 4.79 Å². The molecule has 0 saturated carbocycles. The summed E-state index contributed by atoms with van der Waals surface area (Å²) in [6, 6.07) is 11.8. The van der Waals surface area contributed by atoms with E-state index in [2.05, 4.69) is 15.5 Å². The van der Waals surface area contributed by atoms with E-state index in [0.29, 0.717) is 10.9 Å². The molecule has 0 unspecified atom stereocenters. The number of tetrazole rings is 1. The molecule has 0 radical (unpaired) electrons. The molecule has 7 heteroatoms. The molecule has 0 spiro atoms. The first-order valence-corrected chi connectivity index (χ1v) is 8.51.